The summed E-state index contributed by atoms with van der Waals surface area (Å²) in [6.45, 7) is 9.90. The van der Waals surface area contributed by atoms with Gasteiger partial charge in [-0.15, -0.1) is 0 Å². The highest BCUT2D eigenvalue weighted by Gasteiger charge is 2.51. The molecule has 0 radical (unpaired) electrons. The third-order valence-electron chi connectivity index (χ3n) is 7.33. The van der Waals surface area contributed by atoms with Crippen LogP contribution < -0.4 is 16.6 Å². The third kappa shape index (κ3) is 9.34. The van der Waals surface area contributed by atoms with Gasteiger partial charge >= 0.3 is 5.97 Å². The number of nitrogens with two attached hydrogens (primary N) is 1. The Morgan fingerprint density at radius 2 is 1.89 bits per heavy atom. The van der Waals surface area contributed by atoms with Gasteiger partial charge in [0.15, 0.2) is 0 Å². The van der Waals surface area contributed by atoms with Crippen LogP contribution in [0.2, 0.25) is 0 Å². The number of hydrogen-bond acceptors (Lipinski definition) is 8. The van der Waals surface area contributed by atoms with Gasteiger partial charge in [-0.25, -0.2) is 5.84 Å². The van der Waals surface area contributed by atoms with Gasteiger partial charge in [-0.1, -0.05) is 30.7 Å². The minimum absolute atomic E-state index is 0.0502. The first-order valence-corrected chi connectivity index (χ1v) is 13.4. The van der Waals surface area contributed by atoms with Gasteiger partial charge in [0.2, 0.25) is 11.8 Å². The van der Waals surface area contributed by atoms with E-state index < -0.39 is 6.10 Å². The number of amides is 2. The van der Waals surface area contributed by atoms with E-state index in [0.717, 1.165) is 24.8 Å². The van der Waals surface area contributed by atoms with Crippen molar-refractivity contribution in [3.05, 3.63) is 36.0 Å². The maximum atomic E-state index is 12.3. The molecule has 38 heavy (non-hydrogen) atoms. The highest BCUT2D eigenvalue weighted by Crippen LogP contribution is 2.43. The first-order chi connectivity index (χ1) is 18.0. The Kier molecular flexibility index (Phi) is 10.7. The molecule has 0 aromatic carbocycles. The van der Waals surface area contributed by atoms with Gasteiger partial charge in [0.05, 0.1) is 49.1 Å². The van der Waals surface area contributed by atoms with Gasteiger partial charge in [0.1, 0.15) is 6.10 Å². The number of hydrogen-bond donors (Lipinski definition) is 3. The van der Waals surface area contributed by atoms with Crippen LogP contribution in [0.15, 0.2) is 36.0 Å². The smallest absolute Gasteiger partial charge is 0.303 e. The van der Waals surface area contributed by atoms with E-state index in [9.17, 15) is 14.4 Å². The molecule has 3 aliphatic heterocycles. The molecular formula is C28H43N3O7. The molecule has 1 spiro atoms. The predicted molar refractivity (Wildman–Crippen MR) is 141 cm³/mol. The Labute approximate surface area is 225 Å². The summed E-state index contributed by atoms with van der Waals surface area (Å²) in [6, 6.07) is -0.0953. The van der Waals surface area contributed by atoms with Gasteiger partial charge in [-0.3, -0.25) is 19.8 Å². The van der Waals surface area contributed by atoms with Crippen molar-refractivity contribution < 1.29 is 33.3 Å². The lowest BCUT2D eigenvalue weighted by Crippen LogP contribution is -2.50. The van der Waals surface area contributed by atoms with Crippen molar-refractivity contribution in [1.29, 1.82) is 0 Å². The van der Waals surface area contributed by atoms with E-state index in [1.807, 2.05) is 19.9 Å². The highest BCUT2D eigenvalue weighted by molar-refractivity contribution is 5.87. The molecule has 8 atom stereocenters. The molecule has 212 valence electrons. The van der Waals surface area contributed by atoms with E-state index in [4.69, 9.17) is 24.8 Å². The van der Waals surface area contributed by atoms with Gasteiger partial charge in [-0.05, 0) is 45.6 Å². The fourth-order valence-electron chi connectivity index (χ4n) is 5.14. The molecule has 0 bridgehead atoms. The molecule has 2 amide bonds. The van der Waals surface area contributed by atoms with Gasteiger partial charge < -0.3 is 24.3 Å². The van der Waals surface area contributed by atoms with Crippen molar-refractivity contribution in [3.8, 4) is 0 Å². The molecule has 0 aromatic heterocycles. The number of epoxide rings is 1. The fraction of sp³-hybridized carbons (Fsp3) is 0.679. The molecule has 3 aliphatic rings. The van der Waals surface area contributed by atoms with Gasteiger partial charge in [0.25, 0.3) is 0 Å². The van der Waals surface area contributed by atoms with Crippen LogP contribution in [0, 0.1) is 5.92 Å². The molecule has 0 aromatic rings. The van der Waals surface area contributed by atoms with Crippen LogP contribution >= 0.6 is 0 Å². The lowest BCUT2D eigenvalue weighted by Gasteiger charge is -2.39. The summed E-state index contributed by atoms with van der Waals surface area (Å²) < 4.78 is 23.1. The van der Waals surface area contributed by atoms with Crippen LogP contribution in [0.3, 0.4) is 0 Å². The molecule has 3 heterocycles. The number of nitrogens with one attached hydrogen (secondary N) is 2. The number of hydrazine groups is 1. The van der Waals surface area contributed by atoms with Crippen molar-refractivity contribution in [3.63, 3.8) is 0 Å². The molecular weight excluding hydrogens is 490 g/mol. The van der Waals surface area contributed by atoms with Crippen molar-refractivity contribution in [1.82, 2.24) is 10.7 Å². The summed E-state index contributed by atoms with van der Waals surface area (Å²) in [5, 5.41) is 3.01. The van der Waals surface area contributed by atoms with E-state index in [2.05, 4.69) is 29.8 Å². The molecule has 10 nitrogen and oxygen atoms in total. The zero-order valence-corrected chi connectivity index (χ0v) is 23.1. The van der Waals surface area contributed by atoms with Crippen LogP contribution in [0.25, 0.3) is 0 Å². The van der Waals surface area contributed by atoms with Crippen molar-refractivity contribution in [2.45, 2.75) is 109 Å². The quantitative estimate of drug-likeness (QED) is 0.0739. The van der Waals surface area contributed by atoms with Crippen molar-refractivity contribution in [2.75, 3.05) is 6.61 Å². The molecule has 10 heteroatoms. The van der Waals surface area contributed by atoms with E-state index in [-0.39, 0.29) is 66.2 Å². The summed E-state index contributed by atoms with van der Waals surface area (Å²) in [5.74, 6) is 4.63. The monoisotopic (exact) mass is 533 g/mol. The second-order valence-electron chi connectivity index (χ2n) is 10.9. The Balaban J connectivity index is 1.47. The molecule has 4 N–H and O–H groups in total. The maximum Gasteiger partial charge on any atom is 0.303 e. The largest absolute Gasteiger partial charge is 0.459 e. The standard InChI is InChI=1S/C28H43N3O7/c1-17(6-9-22-14-28(16-35-28)15-23(38-22)13-27(34)31-29)7-10-25-18(2)12-24(20(4)37-25)30-26(33)11-8-19(3)36-21(5)32/h6-9,11,18-20,22-25H,10,12-16,29H2,1-5H3,(H,30,33)(H,31,34)/b9-6+,11-8-,17-7+/t18-,19-,20+,22+,23+,24+,25-,28+/m0/s1. The SMILES string of the molecule is CC(=O)O[C@@H](C)/C=C\C(=O)N[C@@H]1C[C@H](C)[C@H](C/C=C(C)/C=C/[C@@H]2C[C@]3(CO3)C[C@@H](CC(=O)NN)O2)O[C@@H]1C. The van der Waals surface area contributed by atoms with Crippen LogP contribution in [0.5, 0.6) is 0 Å². The minimum Gasteiger partial charge on any atom is -0.459 e. The number of ether oxygens (including phenoxy) is 4. The summed E-state index contributed by atoms with van der Waals surface area (Å²) >= 11 is 0. The average Bonchev–Trinajstić information content (AvgIpc) is 3.59. The first-order valence-electron chi connectivity index (χ1n) is 13.4. The molecule has 0 unspecified atom stereocenters. The van der Waals surface area contributed by atoms with Crippen LogP contribution in [0.4, 0.5) is 0 Å². The Morgan fingerprint density at radius 1 is 1.16 bits per heavy atom. The van der Waals surface area contributed by atoms with E-state index in [1.54, 1.807) is 13.0 Å². The fourth-order valence-corrected chi connectivity index (χ4v) is 5.14. The highest BCUT2D eigenvalue weighted by atomic mass is 16.6. The van der Waals surface area contributed by atoms with Crippen LogP contribution in [0.1, 0.15) is 66.7 Å². The van der Waals surface area contributed by atoms with E-state index >= 15 is 0 Å². The van der Waals surface area contributed by atoms with Crippen LogP contribution in [-0.4, -0.2) is 66.6 Å². The summed E-state index contributed by atoms with van der Waals surface area (Å²) in [7, 11) is 0. The number of carbonyl (C=O) groups is 3. The van der Waals surface area contributed by atoms with Crippen molar-refractivity contribution >= 4 is 17.8 Å². The summed E-state index contributed by atoms with van der Waals surface area (Å²) in [5.41, 5.74) is 3.10. The second-order valence-corrected chi connectivity index (χ2v) is 10.9. The van der Waals surface area contributed by atoms with Crippen molar-refractivity contribution in [2.24, 2.45) is 11.8 Å². The number of rotatable bonds is 10. The minimum atomic E-state index is -0.461. The lowest BCUT2D eigenvalue weighted by atomic mass is 9.88. The zero-order chi connectivity index (χ0) is 27.9. The third-order valence-corrected chi connectivity index (χ3v) is 7.33. The normalized spacial score (nSPS) is 34.3. The number of allylic oxidation sites excluding steroid dienone is 2. The van der Waals surface area contributed by atoms with E-state index in [0.29, 0.717) is 13.0 Å². The lowest BCUT2D eigenvalue weighted by molar-refractivity contribution is -0.143. The molecule has 3 fully saturated rings. The zero-order valence-electron chi connectivity index (χ0n) is 23.1. The van der Waals surface area contributed by atoms with Gasteiger partial charge in [0, 0.05) is 25.8 Å². The number of esters is 1. The van der Waals surface area contributed by atoms with E-state index in [1.165, 1.54) is 13.0 Å². The molecule has 3 saturated heterocycles. The molecule has 0 saturated carbocycles. The summed E-state index contributed by atoms with van der Waals surface area (Å²) in [6.07, 6.45) is 11.6. The predicted octanol–water partition coefficient (Wildman–Crippen LogP) is 2.38. The maximum absolute atomic E-state index is 12.3. The number of carbonyl (C=O) groups excluding carboxylic acids is 3. The Bertz CT molecular complexity index is 943. The molecule has 3 rings (SSSR count). The topological polar surface area (TPSA) is 142 Å². The average molecular weight is 534 g/mol. The summed E-state index contributed by atoms with van der Waals surface area (Å²) in [4.78, 5) is 35.0. The Morgan fingerprint density at radius 3 is 2.55 bits per heavy atom. The Hall–Kier alpha value is -2.53. The molecule has 0 aliphatic carbocycles. The second kappa shape index (κ2) is 13.5. The first kappa shape index (κ1) is 30.0. The van der Waals surface area contributed by atoms with Crippen LogP contribution in [-0.2, 0) is 33.3 Å². The van der Waals surface area contributed by atoms with Gasteiger partial charge in [-0.2, -0.15) is 0 Å².